The fourth-order valence-electron chi connectivity index (χ4n) is 2.07. The Labute approximate surface area is 113 Å². The van der Waals surface area contributed by atoms with Gasteiger partial charge in [0.15, 0.2) is 0 Å². The molecular weight excluding hydrogens is 240 g/mol. The molecule has 96 valence electrons. The second-order valence-electron chi connectivity index (χ2n) is 4.84. The van der Waals surface area contributed by atoms with E-state index in [0.29, 0.717) is 5.92 Å². The highest BCUT2D eigenvalue weighted by atomic mass is 32.1. The van der Waals surface area contributed by atoms with Gasteiger partial charge >= 0.3 is 0 Å². The summed E-state index contributed by atoms with van der Waals surface area (Å²) in [5.41, 5.74) is 3.75. The number of nitrogens with one attached hydrogen (secondary N) is 1. The summed E-state index contributed by atoms with van der Waals surface area (Å²) < 4.78 is 0. The van der Waals surface area contributed by atoms with Crippen molar-refractivity contribution in [1.29, 1.82) is 0 Å². The van der Waals surface area contributed by atoms with Gasteiger partial charge in [0.25, 0.3) is 0 Å². The first-order valence-corrected chi connectivity index (χ1v) is 7.15. The van der Waals surface area contributed by atoms with Gasteiger partial charge in [-0.3, -0.25) is 0 Å². The van der Waals surface area contributed by atoms with Gasteiger partial charge in [-0.15, -0.1) is 11.3 Å². The number of aromatic nitrogens is 1. The molecule has 1 aromatic heterocycles. The van der Waals surface area contributed by atoms with Crippen molar-refractivity contribution >= 4 is 17.0 Å². The largest absolute Gasteiger partial charge is 0.380 e. The van der Waals surface area contributed by atoms with E-state index in [1.807, 2.05) is 0 Å². The molecule has 2 aromatic rings. The van der Waals surface area contributed by atoms with E-state index in [0.717, 1.165) is 17.2 Å². The van der Waals surface area contributed by atoms with Crippen LogP contribution < -0.4 is 5.32 Å². The van der Waals surface area contributed by atoms with E-state index < -0.39 is 0 Å². The lowest BCUT2D eigenvalue weighted by Gasteiger charge is -2.14. The van der Waals surface area contributed by atoms with Crippen molar-refractivity contribution in [2.75, 3.05) is 5.32 Å². The fraction of sp³-hybridized carbons (Fsp3) is 0.400. The van der Waals surface area contributed by atoms with Gasteiger partial charge in [-0.25, -0.2) is 4.98 Å². The van der Waals surface area contributed by atoms with E-state index in [-0.39, 0.29) is 0 Å². The van der Waals surface area contributed by atoms with Gasteiger partial charge in [-0.05, 0) is 31.4 Å². The SMILES string of the molecule is Cc1nc(C)c(CNc2ccccc2C(C)C)s1. The Morgan fingerprint density at radius 2 is 1.94 bits per heavy atom. The zero-order valence-electron chi connectivity index (χ0n) is 11.4. The van der Waals surface area contributed by atoms with Gasteiger partial charge in [-0.2, -0.15) is 0 Å². The van der Waals surface area contributed by atoms with Crippen molar-refractivity contribution in [3.63, 3.8) is 0 Å². The van der Waals surface area contributed by atoms with E-state index in [4.69, 9.17) is 0 Å². The first-order valence-electron chi connectivity index (χ1n) is 6.33. The summed E-state index contributed by atoms with van der Waals surface area (Å²) in [5, 5.41) is 4.68. The van der Waals surface area contributed by atoms with Gasteiger partial charge in [-0.1, -0.05) is 32.0 Å². The summed E-state index contributed by atoms with van der Waals surface area (Å²) in [6, 6.07) is 8.53. The molecule has 0 radical (unpaired) electrons. The van der Waals surface area contributed by atoms with Crippen molar-refractivity contribution in [3.8, 4) is 0 Å². The lowest BCUT2D eigenvalue weighted by atomic mass is 10.0. The molecule has 1 N–H and O–H groups in total. The number of hydrogen-bond acceptors (Lipinski definition) is 3. The Bertz CT molecular complexity index is 529. The first-order chi connectivity index (χ1) is 8.58. The molecule has 0 spiro atoms. The maximum atomic E-state index is 4.46. The molecular formula is C15H20N2S. The van der Waals surface area contributed by atoms with Crippen LogP contribution in [0.5, 0.6) is 0 Å². The average Bonchev–Trinajstić information content (AvgIpc) is 2.65. The van der Waals surface area contributed by atoms with Gasteiger partial charge in [0.1, 0.15) is 0 Å². The number of thiazole rings is 1. The van der Waals surface area contributed by atoms with Crippen LogP contribution in [-0.2, 0) is 6.54 Å². The number of benzene rings is 1. The third-order valence-corrected chi connectivity index (χ3v) is 4.09. The Morgan fingerprint density at radius 3 is 2.56 bits per heavy atom. The van der Waals surface area contributed by atoms with E-state index >= 15 is 0 Å². The van der Waals surface area contributed by atoms with Crippen LogP contribution >= 0.6 is 11.3 Å². The zero-order valence-corrected chi connectivity index (χ0v) is 12.3. The molecule has 0 fully saturated rings. The first kappa shape index (κ1) is 13.1. The molecule has 0 saturated heterocycles. The van der Waals surface area contributed by atoms with E-state index in [1.165, 1.54) is 16.1 Å². The van der Waals surface area contributed by atoms with Gasteiger partial charge in [0.05, 0.1) is 17.2 Å². The van der Waals surface area contributed by atoms with Gasteiger partial charge < -0.3 is 5.32 Å². The maximum absolute atomic E-state index is 4.46. The Hall–Kier alpha value is -1.35. The van der Waals surface area contributed by atoms with Crippen molar-refractivity contribution < 1.29 is 0 Å². The van der Waals surface area contributed by atoms with Crippen LogP contribution in [0.4, 0.5) is 5.69 Å². The smallest absolute Gasteiger partial charge is 0.0900 e. The lowest BCUT2D eigenvalue weighted by Crippen LogP contribution is -2.03. The van der Waals surface area contributed by atoms with Gasteiger partial charge in [0, 0.05) is 10.6 Å². The quantitative estimate of drug-likeness (QED) is 0.875. The second kappa shape index (κ2) is 5.53. The third kappa shape index (κ3) is 2.91. The van der Waals surface area contributed by atoms with Crippen molar-refractivity contribution in [2.45, 2.75) is 40.2 Å². The predicted octanol–water partition coefficient (Wildman–Crippen LogP) is 4.50. The molecule has 0 amide bonds. The Morgan fingerprint density at radius 1 is 1.22 bits per heavy atom. The second-order valence-corrected chi connectivity index (χ2v) is 6.12. The molecule has 0 atom stereocenters. The highest BCUT2D eigenvalue weighted by molar-refractivity contribution is 7.11. The van der Waals surface area contributed by atoms with Crippen LogP contribution in [0.3, 0.4) is 0 Å². The molecule has 2 rings (SSSR count). The fourth-order valence-corrected chi connectivity index (χ4v) is 2.95. The van der Waals surface area contributed by atoms with Crippen molar-refractivity contribution in [2.24, 2.45) is 0 Å². The molecule has 1 heterocycles. The summed E-state index contributed by atoms with van der Waals surface area (Å²) in [6.45, 7) is 9.45. The van der Waals surface area contributed by atoms with Crippen molar-refractivity contribution in [1.82, 2.24) is 4.98 Å². The lowest BCUT2D eigenvalue weighted by molar-refractivity contribution is 0.865. The summed E-state index contributed by atoms with van der Waals surface area (Å²) in [6.07, 6.45) is 0. The molecule has 18 heavy (non-hydrogen) atoms. The molecule has 0 aliphatic heterocycles. The minimum absolute atomic E-state index is 0.540. The number of rotatable bonds is 4. The molecule has 0 unspecified atom stereocenters. The van der Waals surface area contributed by atoms with Crippen LogP contribution in [0.15, 0.2) is 24.3 Å². The van der Waals surface area contributed by atoms with Crippen LogP contribution in [0.2, 0.25) is 0 Å². The predicted molar refractivity (Wildman–Crippen MR) is 79.4 cm³/mol. The molecule has 0 aliphatic carbocycles. The van der Waals surface area contributed by atoms with E-state index in [9.17, 15) is 0 Å². The standard InChI is InChI=1S/C15H20N2S/c1-10(2)13-7-5-6-8-14(13)16-9-15-11(3)17-12(4)18-15/h5-8,10,16H,9H2,1-4H3. The Balaban J connectivity index is 2.13. The van der Waals surface area contributed by atoms with Crippen molar-refractivity contribution in [3.05, 3.63) is 45.4 Å². The Kier molecular flexibility index (Phi) is 4.02. The van der Waals surface area contributed by atoms with Gasteiger partial charge in [0.2, 0.25) is 0 Å². The summed E-state index contributed by atoms with van der Waals surface area (Å²) >= 11 is 1.77. The zero-order chi connectivity index (χ0) is 13.1. The third-order valence-electron chi connectivity index (χ3n) is 3.02. The highest BCUT2D eigenvalue weighted by Gasteiger charge is 2.08. The minimum atomic E-state index is 0.540. The monoisotopic (exact) mass is 260 g/mol. The van der Waals surface area contributed by atoms with E-state index in [2.05, 4.69) is 62.3 Å². The molecule has 1 aromatic carbocycles. The molecule has 3 heteroatoms. The molecule has 2 nitrogen and oxygen atoms in total. The normalized spacial score (nSPS) is 10.9. The summed E-state index contributed by atoms with van der Waals surface area (Å²) in [5.74, 6) is 0.540. The molecule has 0 saturated carbocycles. The van der Waals surface area contributed by atoms with Crippen LogP contribution in [0, 0.1) is 13.8 Å². The summed E-state index contributed by atoms with van der Waals surface area (Å²) in [7, 11) is 0. The number of anilines is 1. The average molecular weight is 260 g/mol. The molecule has 0 aliphatic rings. The number of nitrogens with zero attached hydrogens (tertiary/aromatic N) is 1. The van der Waals surface area contributed by atoms with Crippen LogP contribution in [-0.4, -0.2) is 4.98 Å². The number of aryl methyl sites for hydroxylation is 2. The van der Waals surface area contributed by atoms with E-state index in [1.54, 1.807) is 11.3 Å². The topological polar surface area (TPSA) is 24.9 Å². The van der Waals surface area contributed by atoms with Crippen LogP contribution in [0.1, 0.15) is 40.9 Å². The summed E-state index contributed by atoms with van der Waals surface area (Å²) in [4.78, 5) is 5.78. The molecule has 0 bridgehead atoms. The van der Waals surface area contributed by atoms with Crippen LogP contribution in [0.25, 0.3) is 0 Å². The highest BCUT2D eigenvalue weighted by Crippen LogP contribution is 2.25. The minimum Gasteiger partial charge on any atom is -0.380 e. The maximum Gasteiger partial charge on any atom is 0.0900 e. The number of hydrogen-bond donors (Lipinski definition) is 1. The number of para-hydroxylation sites is 1.